The van der Waals surface area contributed by atoms with E-state index in [2.05, 4.69) is 36.2 Å². The monoisotopic (exact) mass is 411 g/mol. The van der Waals surface area contributed by atoms with Gasteiger partial charge in [0.25, 0.3) is 0 Å². The van der Waals surface area contributed by atoms with Gasteiger partial charge in [0.15, 0.2) is 0 Å². The zero-order valence-corrected chi connectivity index (χ0v) is 16.8. The molecule has 31 heavy (non-hydrogen) atoms. The van der Waals surface area contributed by atoms with Gasteiger partial charge in [-0.25, -0.2) is 19.7 Å². The first kappa shape index (κ1) is 19.8. The van der Waals surface area contributed by atoms with E-state index in [9.17, 15) is 4.79 Å². The number of benzene rings is 2. The Balaban J connectivity index is 1.36. The highest BCUT2D eigenvalue weighted by molar-refractivity contribution is 5.99. The first-order chi connectivity index (χ1) is 15.1. The Kier molecular flexibility index (Phi) is 5.99. The number of pyridine rings is 1. The van der Waals surface area contributed by atoms with E-state index in [0.717, 1.165) is 16.9 Å². The Hall–Kier alpha value is -4.46. The van der Waals surface area contributed by atoms with Gasteiger partial charge in [0.05, 0.1) is 0 Å². The van der Waals surface area contributed by atoms with Gasteiger partial charge in [0, 0.05) is 29.3 Å². The second kappa shape index (κ2) is 9.36. The number of aromatic nitrogens is 3. The van der Waals surface area contributed by atoms with E-state index in [1.54, 1.807) is 12.3 Å². The normalized spacial score (nSPS) is 10.2. The van der Waals surface area contributed by atoms with Gasteiger partial charge in [-0.1, -0.05) is 18.2 Å². The van der Waals surface area contributed by atoms with E-state index in [0.29, 0.717) is 23.1 Å². The Morgan fingerprint density at radius 2 is 1.29 bits per heavy atom. The van der Waals surface area contributed by atoms with Crippen LogP contribution >= 0.6 is 0 Å². The average molecular weight is 411 g/mol. The fraction of sp³-hybridized carbons (Fsp3) is 0.0435. The summed E-state index contributed by atoms with van der Waals surface area (Å²) in [6.07, 6.45) is 3.22. The van der Waals surface area contributed by atoms with Crippen molar-refractivity contribution in [2.24, 2.45) is 0 Å². The van der Waals surface area contributed by atoms with Crippen molar-refractivity contribution in [1.82, 2.24) is 15.0 Å². The summed E-state index contributed by atoms with van der Waals surface area (Å²) in [5.74, 6) is 1.98. The van der Waals surface area contributed by atoms with Crippen molar-refractivity contribution < 1.29 is 4.79 Å². The van der Waals surface area contributed by atoms with Crippen LogP contribution in [0.15, 0.2) is 85.3 Å². The topological polar surface area (TPSA) is 104 Å². The number of rotatable bonds is 6. The minimum absolute atomic E-state index is 0.303. The molecule has 0 radical (unpaired) electrons. The summed E-state index contributed by atoms with van der Waals surface area (Å²) in [4.78, 5) is 24.9. The fourth-order valence-electron chi connectivity index (χ4n) is 2.83. The third-order valence-corrected chi connectivity index (χ3v) is 4.29. The second-order valence-corrected chi connectivity index (χ2v) is 6.78. The van der Waals surface area contributed by atoms with Crippen LogP contribution in [0.1, 0.15) is 5.56 Å². The molecule has 0 saturated carbocycles. The second-order valence-electron chi connectivity index (χ2n) is 6.78. The molecule has 0 fully saturated rings. The van der Waals surface area contributed by atoms with Crippen LogP contribution in [0.2, 0.25) is 0 Å². The lowest BCUT2D eigenvalue weighted by Gasteiger charge is -2.10. The fourth-order valence-corrected chi connectivity index (χ4v) is 2.83. The van der Waals surface area contributed by atoms with Crippen LogP contribution in [0.3, 0.4) is 0 Å². The van der Waals surface area contributed by atoms with E-state index in [4.69, 9.17) is 0 Å². The van der Waals surface area contributed by atoms with Gasteiger partial charge in [0.1, 0.15) is 23.8 Å². The van der Waals surface area contributed by atoms with Crippen molar-refractivity contribution in [2.75, 3.05) is 21.3 Å². The van der Waals surface area contributed by atoms with E-state index in [1.807, 2.05) is 73.7 Å². The summed E-state index contributed by atoms with van der Waals surface area (Å²) in [5.41, 5.74) is 3.34. The van der Waals surface area contributed by atoms with Crippen molar-refractivity contribution in [3.63, 3.8) is 0 Å². The van der Waals surface area contributed by atoms with Gasteiger partial charge in [-0.05, 0) is 61.0 Å². The molecule has 4 rings (SSSR count). The summed E-state index contributed by atoms with van der Waals surface area (Å²) in [7, 11) is 0. The number of urea groups is 1. The first-order valence-electron chi connectivity index (χ1n) is 9.66. The summed E-state index contributed by atoms with van der Waals surface area (Å²) in [6, 6.07) is 22.0. The van der Waals surface area contributed by atoms with E-state index in [1.165, 1.54) is 6.33 Å². The molecule has 0 aliphatic carbocycles. The predicted octanol–water partition coefficient (Wildman–Crippen LogP) is 5.31. The Morgan fingerprint density at radius 3 is 2.00 bits per heavy atom. The van der Waals surface area contributed by atoms with E-state index in [-0.39, 0.29) is 6.03 Å². The molecule has 2 amide bonds. The van der Waals surface area contributed by atoms with Gasteiger partial charge in [-0.2, -0.15) is 0 Å². The lowest BCUT2D eigenvalue weighted by atomic mass is 10.2. The molecule has 154 valence electrons. The van der Waals surface area contributed by atoms with Crippen molar-refractivity contribution >= 4 is 40.5 Å². The van der Waals surface area contributed by atoms with E-state index >= 15 is 0 Å². The summed E-state index contributed by atoms with van der Waals surface area (Å²) in [5, 5.41) is 12.0. The number of aryl methyl sites for hydroxylation is 1. The van der Waals surface area contributed by atoms with Crippen LogP contribution in [0.5, 0.6) is 0 Å². The molecule has 0 spiro atoms. The minimum atomic E-state index is -0.303. The molecule has 2 aromatic heterocycles. The Morgan fingerprint density at radius 1 is 0.677 bits per heavy atom. The number of para-hydroxylation sites is 1. The highest BCUT2D eigenvalue weighted by Gasteiger charge is 2.04. The molecule has 8 heteroatoms. The highest BCUT2D eigenvalue weighted by atomic mass is 16.2. The molecule has 8 nitrogen and oxygen atoms in total. The summed E-state index contributed by atoms with van der Waals surface area (Å²) >= 11 is 0. The Labute approximate surface area is 179 Å². The van der Waals surface area contributed by atoms with Crippen LogP contribution in [0, 0.1) is 6.92 Å². The highest BCUT2D eigenvalue weighted by Crippen LogP contribution is 2.20. The molecule has 0 aliphatic heterocycles. The third kappa shape index (κ3) is 5.77. The largest absolute Gasteiger partial charge is 0.340 e. The lowest BCUT2D eigenvalue weighted by Crippen LogP contribution is -2.19. The van der Waals surface area contributed by atoms with Crippen LogP contribution < -0.4 is 21.3 Å². The molecule has 2 heterocycles. The Bertz CT molecular complexity index is 1160. The molecular formula is C23H21N7O. The number of hydrogen-bond donors (Lipinski definition) is 4. The zero-order valence-electron chi connectivity index (χ0n) is 16.8. The van der Waals surface area contributed by atoms with Gasteiger partial charge in [-0.3, -0.25) is 0 Å². The molecule has 0 unspecified atom stereocenters. The average Bonchev–Trinajstić information content (AvgIpc) is 2.76. The van der Waals surface area contributed by atoms with Crippen LogP contribution in [0.4, 0.5) is 39.3 Å². The van der Waals surface area contributed by atoms with E-state index < -0.39 is 0 Å². The number of nitrogens with one attached hydrogen (secondary N) is 4. The number of carbonyl (C=O) groups is 1. The number of anilines is 6. The molecule has 0 aliphatic rings. The number of nitrogens with zero attached hydrogens (tertiary/aromatic N) is 3. The maximum absolute atomic E-state index is 12.1. The van der Waals surface area contributed by atoms with Crippen molar-refractivity contribution in [1.29, 1.82) is 0 Å². The molecule has 4 N–H and O–H groups in total. The van der Waals surface area contributed by atoms with Gasteiger partial charge >= 0.3 is 6.03 Å². The lowest BCUT2D eigenvalue weighted by molar-refractivity contribution is 0.262. The van der Waals surface area contributed by atoms with Crippen molar-refractivity contribution in [2.45, 2.75) is 6.92 Å². The molecule has 0 bridgehead atoms. The van der Waals surface area contributed by atoms with Gasteiger partial charge < -0.3 is 21.3 Å². The molecule has 4 aromatic rings. The molecular weight excluding hydrogens is 390 g/mol. The van der Waals surface area contributed by atoms with Crippen LogP contribution in [-0.4, -0.2) is 21.0 Å². The van der Waals surface area contributed by atoms with Crippen molar-refractivity contribution in [3.8, 4) is 0 Å². The third-order valence-electron chi connectivity index (χ3n) is 4.29. The quantitative estimate of drug-likeness (QED) is 0.343. The number of hydrogen-bond acceptors (Lipinski definition) is 6. The number of carbonyl (C=O) groups excluding carboxylic acids is 1. The number of amides is 2. The SMILES string of the molecule is Cc1ccnc(Nc2cc(Nc3ccc(NC(=O)Nc4ccccc4)cc3)ncn2)c1. The zero-order chi connectivity index (χ0) is 21.5. The predicted molar refractivity (Wildman–Crippen MR) is 123 cm³/mol. The van der Waals surface area contributed by atoms with Gasteiger partial charge in [0.2, 0.25) is 0 Å². The molecule has 0 saturated heterocycles. The standard InChI is InChI=1S/C23H21N7O/c1-16-11-12-24-20(13-16)30-22-14-21(25-15-26-22)27-18-7-9-19(10-8-18)29-23(31)28-17-5-3-2-4-6-17/h2-15H,1H3,(H2,28,29,31)(H2,24,25,26,27,30). The minimum Gasteiger partial charge on any atom is -0.340 e. The smallest absolute Gasteiger partial charge is 0.323 e. The molecule has 0 atom stereocenters. The maximum atomic E-state index is 12.1. The van der Waals surface area contributed by atoms with Crippen LogP contribution in [-0.2, 0) is 0 Å². The maximum Gasteiger partial charge on any atom is 0.323 e. The van der Waals surface area contributed by atoms with Crippen LogP contribution in [0.25, 0.3) is 0 Å². The molecule has 2 aromatic carbocycles. The first-order valence-corrected chi connectivity index (χ1v) is 9.66. The van der Waals surface area contributed by atoms with Gasteiger partial charge in [-0.15, -0.1) is 0 Å². The summed E-state index contributed by atoms with van der Waals surface area (Å²) < 4.78 is 0. The van der Waals surface area contributed by atoms with Crippen molar-refractivity contribution in [3.05, 3.63) is 90.9 Å². The summed E-state index contributed by atoms with van der Waals surface area (Å²) in [6.45, 7) is 2.00.